The number of hydrogen-bond donors (Lipinski definition) is 2. The number of rotatable bonds is 7. The van der Waals surface area contributed by atoms with E-state index in [0.717, 1.165) is 24.0 Å². The zero-order valence-corrected chi connectivity index (χ0v) is 19.0. The zero-order valence-electron chi connectivity index (χ0n) is 19.0. The molecule has 8 nitrogen and oxygen atoms in total. The molecule has 0 spiro atoms. The topological polar surface area (TPSA) is 97.3 Å². The highest BCUT2D eigenvalue weighted by atomic mass is 16.7. The second-order valence-electron chi connectivity index (χ2n) is 8.45. The Balaban J connectivity index is 1.70. The first kappa shape index (κ1) is 22.8. The summed E-state index contributed by atoms with van der Waals surface area (Å²) in [6.07, 6.45) is 1.88. The number of hydrogen-bond acceptors (Lipinski definition) is 5. The summed E-state index contributed by atoms with van der Waals surface area (Å²) in [4.78, 5) is 27.3. The van der Waals surface area contributed by atoms with Crippen LogP contribution in [0.4, 0.5) is 4.79 Å². The van der Waals surface area contributed by atoms with Crippen molar-refractivity contribution in [3.8, 4) is 17.2 Å². The van der Waals surface area contributed by atoms with Gasteiger partial charge in [0.25, 0.3) is 0 Å². The Morgan fingerprint density at radius 1 is 1.06 bits per heavy atom. The van der Waals surface area contributed by atoms with Crippen molar-refractivity contribution in [1.29, 1.82) is 0 Å². The van der Waals surface area contributed by atoms with Crippen LogP contribution in [0.15, 0.2) is 42.5 Å². The molecule has 2 aliphatic heterocycles. The third kappa shape index (κ3) is 4.84. The summed E-state index contributed by atoms with van der Waals surface area (Å²) in [6, 6.07) is 12.8. The molecule has 1 unspecified atom stereocenters. The Morgan fingerprint density at radius 3 is 2.39 bits per heavy atom. The van der Waals surface area contributed by atoms with Crippen molar-refractivity contribution in [2.75, 3.05) is 33.5 Å². The molecule has 4 rings (SSSR count). The van der Waals surface area contributed by atoms with Crippen LogP contribution in [0.25, 0.3) is 0 Å². The SMILES string of the molecule is CCCCNC(=O)N1CC(c2ccc3c(c2)OCO3)[C@H](C(=O)O)[C@@H](c2ccc(OC)cc2)C1. The number of urea groups is 1. The first-order valence-electron chi connectivity index (χ1n) is 11.3. The van der Waals surface area contributed by atoms with Crippen molar-refractivity contribution in [3.05, 3.63) is 53.6 Å². The molecule has 0 radical (unpaired) electrons. The summed E-state index contributed by atoms with van der Waals surface area (Å²) in [7, 11) is 1.59. The number of amides is 2. The maximum atomic E-state index is 13.0. The predicted octanol–water partition coefficient (Wildman–Crippen LogP) is 3.82. The summed E-state index contributed by atoms with van der Waals surface area (Å²) >= 11 is 0. The normalized spacial score (nSPS) is 21.5. The molecule has 8 heteroatoms. The lowest BCUT2D eigenvalue weighted by Gasteiger charge is -2.42. The Bertz CT molecular complexity index is 993. The summed E-state index contributed by atoms with van der Waals surface area (Å²) in [5.41, 5.74) is 1.68. The number of carboxylic acids is 1. The van der Waals surface area contributed by atoms with Gasteiger partial charge in [0.15, 0.2) is 11.5 Å². The number of likely N-dealkylation sites (tertiary alicyclic amines) is 1. The fourth-order valence-electron chi connectivity index (χ4n) is 4.67. The van der Waals surface area contributed by atoms with Gasteiger partial charge in [-0.2, -0.15) is 0 Å². The van der Waals surface area contributed by atoms with Crippen LogP contribution >= 0.6 is 0 Å². The van der Waals surface area contributed by atoms with E-state index in [2.05, 4.69) is 12.2 Å². The molecule has 0 aliphatic carbocycles. The van der Waals surface area contributed by atoms with Crippen molar-refractivity contribution in [1.82, 2.24) is 10.2 Å². The Kier molecular flexibility index (Phi) is 6.91. The first-order chi connectivity index (χ1) is 16.0. The van der Waals surface area contributed by atoms with E-state index < -0.39 is 17.8 Å². The van der Waals surface area contributed by atoms with Crippen molar-refractivity contribution in [2.45, 2.75) is 31.6 Å². The van der Waals surface area contributed by atoms with Gasteiger partial charge in [-0.25, -0.2) is 4.79 Å². The van der Waals surface area contributed by atoms with Crippen LogP contribution in [-0.2, 0) is 4.79 Å². The van der Waals surface area contributed by atoms with Gasteiger partial charge in [-0.15, -0.1) is 0 Å². The number of benzene rings is 2. The molecular formula is C25H30N2O6. The second kappa shape index (κ2) is 10.0. The van der Waals surface area contributed by atoms with E-state index in [0.29, 0.717) is 36.9 Å². The van der Waals surface area contributed by atoms with E-state index in [1.54, 1.807) is 18.1 Å². The van der Waals surface area contributed by atoms with Gasteiger partial charge in [-0.05, 0) is 41.8 Å². The number of carboxylic acid groups (broad SMARTS) is 1. The van der Waals surface area contributed by atoms with E-state index in [-0.39, 0.29) is 18.7 Å². The summed E-state index contributed by atoms with van der Waals surface area (Å²) in [5.74, 6) is -0.445. The largest absolute Gasteiger partial charge is 0.497 e. The molecule has 176 valence electrons. The highest BCUT2D eigenvalue weighted by molar-refractivity contribution is 5.77. The average molecular weight is 455 g/mol. The maximum absolute atomic E-state index is 13.0. The molecule has 2 aromatic carbocycles. The fraction of sp³-hybridized carbons (Fsp3) is 0.440. The molecule has 0 bridgehead atoms. The molecule has 2 N–H and O–H groups in total. The highest BCUT2D eigenvalue weighted by Gasteiger charge is 2.44. The van der Waals surface area contributed by atoms with Gasteiger partial charge in [-0.1, -0.05) is 31.5 Å². The number of carbonyl (C=O) groups is 2. The molecule has 2 aromatic rings. The standard InChI is InChI=1S/C25H30N2O6/c1-3-4-11-26-25(30)27-13-19(16-5-8-18(31-2)9-6-16)23(24(28)29)20(14-27)17-7-10-21-22(12-17)33-15-32-21/h5-10,12,19-20,23H,3-4,11,13-15H2,1-2H3,(H,26,30)(H,28,29)/t19-,20?,23-/m1/s1. The Hall–Kier alpha value is -3.42. The van der Waals surface area contributed by atoms with Gasteiger partial charge >= 0.3 is 12.0 Å². The van der Waals surface area contributed by atoms with E-state index in [9.17, 15) is 14.7 Å². The third-order valence-corrected chi connectivity index (χ3v) is 6.45. The molecule has 33 heavy (non-hydrogen) atoms. The lowest BCUT2D eigenvalue weighted by atomic mass is 9.71. The summed E-state index contributed by atoms with van der Waals surface area (Å²) < 4.78 is 16.2. The molecule has 2 amide bonds. The van der Waals surface area contributed by atoms with Gasteiger partial charge in [-0.3, -0.25) is 4.79 Å². The van der Waals surface area contributed by atoms with E-state index in [4.69, 9.17) is 14.2 Å². The van der Waals surface area contributed by atoms with Crippen LogP contribution in [-0.4, -0.2) is 55.5 Å². The molecule has 2 aliphatic rings. The molecule has 3 atom stereocenters. The maximum Gasteiger partial charge on any atom is 0.317 e. The number of aliphatic carboxylic acids is 1. The van der Waals surface area contributed by atoms with Crippen molar-refractivity contribution >= 4 is 12.0 Å². The number of nitrogens with zero attached hydrogens (tertiary/aromatic N) is 1. The molecule has 1 saturated heterocycles. The number of fused-ring (bicyclic) bond motifs is 1. The first-order valence-corrected chi connectivity index (χ1v) is 11.3. The second-order valence-corrected chi connectivity index (χ2v) is 8.45. The van der Waals surface area contributed by atoms with Crippen LogP contribution < -0.4 is 19.5 Å². The summed E-state index contributed by atoms with van der Waals surface area (Å²) in [6.45, 7) is 3.44. The van der Waals surface area contributed by atoms with Crippen LogP contribution in [0.3, 0.4) is 0 Å². The van der Waals surface area contributed by atoms with Crippen LogP contribution in [0, 0.1) is 5.92 Å². The number of unbranched alkanes of at least 4 members (excludes halogenated alkanes) is 1. The van der Waals surface area contributed by atoms with Gasteiger partial charge in [0.05, 0.1) is 13.0 Å². The minimum atomic E-state index is -0.885. The molecule has 2 heterocycles. The highest BCUT2D eigenvalue weighted by Crippen LogP contribution is 2.44. The number of methoxy groups -OCH3 is 1. The zero-order chi connectivity index (χ0) is 23.4. The quantitative estimate of drug-likeness (QED) is 0.618. The fourth-order valence-corrected chi connectivity index (χ4v) is 4.67. The smallest absolute Gasteiger partial charge is 0.317 e. The van der Waals surface area contributed by atoms with E-state index in [1.807, 2.05) is 36.4 Å². The van der Waals surface area contributed by atoms with Gasteiger partial charge in [0, 0.05) is 31.5 Å². The van der Waals surface area contributed by atoms with Crippen molar-refractivity contribution in [3.63, 3.8) is 0 Å². The monoisotopic (exact) mass is 454 g/mol. The third-order valence-electron chi connectivity index (χ3n) is 6.45. The van der Waals surface area contributed by atoms with Crippen LogP contribution in [0.1, 0.15) is 42.7 Å². The van der Waals surface area contributed by atoms with Gasteiger partial charge in [0.1, 0.15) is 5.75 Å². The van der Waals surface area contributed by atoms with Crippen LogP contribution in [0.5, 0.6) is 17.2 Å². The average Bonchev–Trinajstić information content (AvgIpc) is 3.31. The lowest BCUT2D eigenvalue weighted by Crippen LogP contribution is -2.52. The van der Waals surface area contributed by atoms with Gasteiger partial charge < -0.3 is 29.5 Å². The van der Waals surface area contributed by atoms with Crippen molar-refractivity contribution in [2.24, 2.45) is 5.92 Å². The molecular weight excluding hydrogens is 424 g/mol. The number of piperidine rings is 1. The Labute approximate surface area is 193 Å². The number of nitrogens with one attached hydrogen (secondary N) is 1. The van der Waals surface area contributed by atoms with E-state index >= 15 is 0 Å². The summed E-state index contributed by atoms with van der Waals surface area (Å²) in [5, 5.41) is 13.3. The minimum Gasteiger partial charge on any atom is -0.497 e. The van der Waals surface area contributed by atoms with Gasteiger partial charge in [0.2, 0.25) is 6.79 Å². The Morgan fingerprint density at radius 2 is 1.73 bits per heavy atom. The molecule has 0 saturated carbocycles. The molecule has 0 aromatic heterocycles. The predicted molar refractivity (Wildman–Crippen MR) is 122 cm³/mol. The minimum absolute atomic E-state index is 0.145. The molecule has 1 fully saturated rings. The van der Waals surface area contributed by atoms with E-state index in [1.165, 1.54) is 0 Å². The van der Waals surface area contributed by atoms with Crippen molar-refractivity contribution < 1.29 is 28.9 Å². The number of ether oxygens (including phenoxy) is 3. The lowest BCUT2D eigenvalue weighted by molar-refractivity contribution is -0.144. The number of carbonyl (C=O) groups excluding carboxylic acids is 1. The van der Waals surface area contributed by atoms with Crippen LogP contribution in [0.2, 0.25) is 0 Å².